The molecule has 204 valence electrons. The van der Waals surface area contributed by atoms with Crippen molar-refractivity contribution in [2.75, 3.05) is 18.6 Å². The summed E-state index contributed by atoms with van der Waals surface area (Å²) in [6, 6.07) is 4.59. The van der Waals surface area contributed by atoms with Crippen molar-refractivity contribution >= 4 is 41.4 Å². The average molecular weight is 536 g/mol. The second-order valence-electron chi connectivity index (χ2n) is 9.14. The molecule has 4 amide bonds. The molecule has 12 heteroatoms. The summed E-state index contributed by atoms with van der Waals surface area (Å²) in [6.07, 6.45) is 3.30. The van der Waals surface area contributed by atoms with Crippen molar-refractivity contribution in [2.45, 2.75) is 69.7 Å². The summed E-state index contributed by atoms with van der Waals surface area (Å²) in [4.78, 5) is 64.3. The van der Waals surface area contributed by atoms with Crippen LogP contribution in [-0.2, 0) is 30.4 Å². The van der Waals surface area contributed by atoms with E-state index in [0.717, 1.165) is 5.56 Å². The molecule has 5 atom stereocenters. The van der Waals surface area contributed by atoms with Crippen LogP contribution < -0.4 is 21.7 Å². The van der Waals surface area contributed by atoms with E-state index in [1.807, 2.05) is 36.6 Å². The van der Waals surface area contributed by atoms with E-state index >= 15 is 0 Å². The van der Waals surface area contributed by atoms with Crippen molar-refractivity contribution in [1.82, 2.24) is 20.9 Å². The number of benzene rings is 1. The lowest BCUT2D eigenvalue weighted by Crippen LogP contribution is -2.57. The summed E-state index contributed by atoms with van der Waals surface area (Å²) in [6.45, 7) is 3.31. The quantitative estimate of drug-likeness (QED) is 0.233. The monoisotopic (exact) mass is 535 g/mol. The van der Waals surface area contributed by atoms with E-state index in [9.17, 15) is 29.1 Å². The standard InChI is InChI=1S/C25H37N5O6S/c1-15(26)21(31)29-19(14-17-8-5-4-6-9-17)24(34)30-12-7-10-20(30)23(33)27-16(2)22(32)28-18(25(35)36)11-13-37-3/h4-6,8-9,15-16,18-20H,7,10-14,26H2,1-3H3,(H,27,33)(H,28,32)(H,29,31)(H,35,36)/t15-,16-,18-,19-,20-/m0/s1. The number of nitrogens with two attached hydrogens (primary N) is 1. The molecule has 0 aliphatic carbocycles. The van der Waals surface area contributed by atoms with Crippen LogP contribution in [0.2, 0.25) is 0 Å². The number of aliphatic carboxylic acids is 1. The Morgan fingerprint density at radius 1 is 1.05 bits per heavy atom. The molecule has 1 aliphatic heterocycles. The lowest BCUT2D eigenvalue weighted by Gasteiger charge is -2.30. The third-order valence-corrected chi connectivity index (χ3v) is 6.77. The number of hydrogen-bond acceptors (Lipinski definition) is 7. The summed E-state index contributed by atoms with van der Waals surface area (Å²) in [5.41, 5.74) is 6.53. The van der Waals surface area contributed by atoms with Gasteiger partial charge in [-0.05, 0) is 50.7 Å². The van der Waals surface area contributed by atoms with Gasteiger partial charge in [0.05, 0.1) is 6.04 Å². The molecule has 1 fully saturated rings. The summed E-state index contributed by atoms with van der Waals surface area (Å²) in [7, 11) is 0. The van der Waals surface area contributed by atoms with Crippen LogP contribution in [0.25, 0.3) is 0 Å². The molecule has 0 aromatic heterocycles. The van der Waals surface area contributed by atoms with Gasteiger partial charge in [0.15, 0.2) is 0 Å². The van der Waals surface area contributed by atoms with E-state index in [1.165, 1.54) is 30.5 Å². The molecule has 1 aliphatic rings. The summed E-state index contributed by atoms with van der Waals surface area (Å²) in [5, 5.41) is 17.1. The first kappa shape index (κ1) is 30.1. The molecule has 37 heavy (non-hydrogen) atoms. The average Bonchev–Trinajstić information content (AvgIpc) is 3.36. The molecule has 0 bridgehead atoms. The first-order valence-electron chi connectivity index (χ1n) is 12.3. The van der Waals surface area contributed by atoms with E-state index in [0.29, 0.717) is 25.1 Å². The van der Waals surface area contributed by atoms with Crippen LogP contribution in [0.4, 0.5) is 0 Å². The van der Waals surface area contributed by atoms with Gasteiger partial charge in [-0.1, -0.05) is 30.3 Å². The molecule has 1 aromatic rings. The van der Waals surface area contributed by atoms with Crippen molar-refractivity contribution in [1.29, 1.82) is 0 Å². The number of carboxylic acids is 1. The van der Waals surface area contributed by atoms with Gasteiger partial charge in [-0.15, -0.1) is 0 Å². The fourth-order valence-corrected chi connectivity index (χ4v) is 4.49. The lowest BCUT2D eigenvalue weighted by atomic mass is 10.0. The zero-order valence-corrected chi connectivity index (χ0v) is 22.3. The molecule has 1 aromatic carbocycles. The Hall–Kier alpha value is -3.12. The number of likely N-dealkylation sites (tertiary alicyclic amines) is 1. The molecule has 1 saturated heterocycles. The Balaban J connectivity index is 2.09. The Bertz CT molecular complexity index is 960. The van der Waals surface area contributed by atoms with Gasteiger partial charge >= 0.3 is 5.97 Å². The van der Waals surface area contributed by atoms with Gasteiger partial charge in [0.2, 0.25) is 23.6 Å². The van der Waals surface area contributed by atoms with E-state index in [4.69, 9.17) is 5.73 Å². The predicted octanol–water partition coefficient (Wildman–Crippen LogP) is -0.121. The zero-order valence-electron chi connectivity index (χ0n) is 21.4. The minimum atomic E-state index is -1.15. The van der Waals surface area contributed by atoms with Gasteiger partial charge in [-0.25, -0.2) is 4.79 Å². The van der Waals surface area contributed by atoms with Gasteiger partial charge in [0.1, 0.15) is 24.2 Å². The van der Waals surface area contributed by atoms with E-state index in [-0.39, 0.29) is 12.8 Å². The highest BCUT2D eigenvalue weighted by atomic mass is 32.2. The molecule has 0 spiro atoms. The number of carboxylic acid groups (broad SMARTS) is 1. The van der Waals surface area contributed by atoms with Gasteiger partial charge in [-0.3, -0.25) is 19.2 Å². The number of nitrogens with one attached hydrogen (secondary N) is 3. The first-order chi connectivity index (χ1) is 17.5. The second kappa shape index (κ2) is 14.6. The van der Waals surface area contributed by atoms with Gasteiger partial charge in [0, 0.05) is 13.0 Å². The maximum Gasteiger partial charge on any atom is 0.326 e. The molecular weight excluding hydrogens is 498 g/mol. The van der Waals surface area contributed by atoms with Gasteiger partial charge < -0.3 is 31.7 Å². The number of amides is 4. The first-order valence-corrected chi connectivity index (χ1v) is 13.7. The molecule has 0 saturated carbocycles. The molecule has 1 heterocycles. The fraction of sp³-hybridized carbons (Fsp3) is 0.560. The number of rotatable bonds is 13. The normalized spacial score (nSPS) is 18.3. The molecule has 2 rings (SSSR count). The molecule has 11 nitrogen and oxygen atoms in total. The second-order valence-corrected chi connectivity index (χ2v) is 10.1. The predicted molar refractivity (Wildman–Crippen MR) is 141 cm³/mol. The zero-order chi connectivity index (χ0) is 27.5. The van der Waals surface area contributed by atoms with Crippen molar-refractivity contribution in [3.8, 4) is 0 Å². The highest BCUT2D eigenvalue weighted by Gasteiger charge is 2.38. The van der Waals surface area contributed by atoms with Crippen LogP contribution in [0.3, 0.4) is 0 Å². The number of thioether (sulfide) groups is 1. The topological polar surface area (TPSA) is 171 Å². The molecule has 6 N–H and O–H groups in total. The minimum absolute atomic E-state index is 0.231. The van der Waals surface area contributed by atoms with Crippen molar-refractivity contribution in [3.63, 3.8) is 0 Å². The van der Waals surface area contributed by atoms with Crippen LogP contribution in [0.1, 0.15) is 38.7 Å². The van der Waals surface area contributed by atoms with Crippen LogP contribution in [0, 0.1) is 0 Å². The third kappa shape index (κ3) is 9.04. The third-order valence-electron chi connectivity index (χ3n) is 6.13. The highest BCUT2D eigenvalue weighted by molar-refractivity contribution is 7.98. The van der Waals surface area contributed by atoms with E-state index in [1.54, 1.807) is 0 Å². The Labute approximate surface area is 221 Å². The SMILES string of the molecule is CSCC[C@H](NC(=O)[C@H](C)NC(=O)[C@@H]1CCCN1C(=O)[C@H](Cc1ccccc1)NC(=O)[C@H](C)N)C(=O)O. The maximum absolute atomic E-state index is 13.5. The van der Waals surface area contributed by atoms with Crippen molar-refractivity contribution < 1.29 is 29.1 Å². The minimum Gasteiger partial charge on any atom is -0.480 e. The molecule has 0 radical (unpaired) electrons. The summed E-state index contributed by atoms with van der Waals surface area (Å²) < 4.78 is 0. The summed E-state index contributed by atoms with van der Waals surface area (Å²) in [5.74, 6) is -2.61. The number of nitrogens with zero attached hydrogens (tertiary/aromatic N) is 1. The Kier molecular flexibility index (Phi) is 11.9. The van der Waals surface area contributed by atoms with Crippen LogP contribution >= 0.6 is 11.8 Å². The number of hydrogen-bond donors (Lipinski definition) is 5. The smallest absolute Gasteiger partial charge is 0.326 e. The Morgan fingerprint density at radius 3 is 2.30 bits per heavy atom. The summed E-state index contributed by atoms with van der Waals surface area (Å²) >= 11 is 1.47. The van der Waals surface area contributed by atoms with Crippen LogP contribution in [-0.4, -0.2) is 88.4 Å². The number of carbonyl (C=O) groups excluding carboxylic acids is 4. The fourth-order valence-electron chi connectivity index (χ4n) is 4.02. The Morgan fingerprint density at radius 2 is 1.70 bits per heavy atom. The van der Waals surface area contributed by atoms with Crippen molar-refractivity contribution in [2.24, 2.45) is 5.73 Å². The lowest BCUT2D eigenvalue weighted by molar-refractivity contribution is -0.143. The largest absolute Gasteiger partial charge is 0.480 e. The molecule has 0 unspecified atom stereocenters. The highest BCUT2D eigenvalue weighted by Crippen LogP contribution is 2.20. The van der Waals surface area contributed by atoms with Gasteiger partial charge in [0.25, 0.3) is 0 Å². The number of carbonyl (C=O) groups is 5. The van der Waals surface area contributed by atoms with Crippen LogP contribution in [0.5, 0.6) is 0 Å². The molecular formula is C25H37N5O6S. The van der Waals surface area contributed by atoms with Gasteiger partial charge in [-0.2, -0.15) is 11.8 Å². The van der Waals surface area contributed by atoms with E-state index < -0.39 is 59.8 Å². The maximum atomic E-state index is 13.5. The van der Waals surface area contributed by atoms with E-state index in [2.05, 4.69) is 16.0 Å². The van der Waals surface area contributed by atoms with Crippen molar-refractivity contribution in [3.05, 3.63) is 35.9 Å². The van der Waals surface area contributed by atoms with Crippen LogP contribution in [0.15, 0.2) is 30.3 Å².